The lowest BCUT2D eigenvalue weighted by Gasteiger charge is -2.34. The van der Waals surface area contributed by atoms with Crippen LogP contribution in [0.3, 0.4) is 0 Å². The van der Waals surface area contributed by atoms with Gasteiger partial charge in [0.05, 0.1) is 0 Å². The molecule has 0 atom stereocenters. The Morgan fingerprint density at radius 3 is 2.74 bits per heavy atom. The molecule has 1 aromatic heterocycles. The van der Waals surface area contributed by atoms with Crippen LogP contribution in [0, 0.1) is 5.95 Å². The molecule has 104 valence electrons. The fourth-order valence-electron chi connectivity index (χ4n) is 2.37. The Morgan fingerprint density at radius 1 is 1.47 bits per heavy atom. The summed E-state index contributed by atoms with van der Waals surface area (Å²) in [6.07, 6.45) is 3.20. The average Bonchev–Trinajstić information content (AvgIpc) is 2.39. The number of likely N-dealkylation sites (tertiary alicyclic amines) is 1. The lowest BCUT2D eigenvalue weighted by atomic mass is 10.0. The Morgan fingerprint density at radius 2 is 2.16 bits per heavy atom. The van der Waals surface area contributed by atoms with Crippen molar-refractivity contribution >= 4 is 5.91 Å². The number of halogens is 1. The summed E-state index contributed by atoms with van der Waals surface area (Å²) >= 11 is 0. The number of rotatable bonds is 3. The smallest absolute Gasteiger partial charge is 0.251 e. The molecular weight excluding hydrogens is 245 g/mol. The summed E-state index contributed by atoms with van der Waals surface area (Å²) in [5.74, 6) is -0.841. The fraction of sp³-hybridized carbons (Fsp3) is 0.571. The van der Waals surface area contributed by atoms with E-state index in [2.05, 4.69) is 29.0 Å². The van der Waals surface area contributed by atoms with Gasteiger partial charge in [-0.3, -0.25) is 4.79 Å². The highest BCUT2D eigenvalue weighted by atomic mass is 19.1. The number of piperidine rings is 1. The summed E-state index contributed by atoms with van der Waals surface area (Å²) in [5, 5.41) is 2.96. The standard InChI is InChI=1S/C14H20FN3O/c1-10(2)18-7-4-12(5-8-18)17-14(19)11-3-6-16-13(15)9-11/h3,6,9-10,12H,4-5,7-8H2,1-2H3,(H,17,19). The Kier molecular flexibility index (Phi) is 4.47. The van der Waals surface area contributed by atoms with Crippen molar-refractivity contribution in [2.24, 2.45) is 0 Å². The summed E-state index contributed by atoms with van der Waals surface area (Å²) < 4.78 is 12.9. The molecule has 0 aliphatic carbocycles. The van der Waals surface area contributed by atoms with Crippen molar-refractivity contribution in [3.05, 3.63) is 29.8 Å². The summed E-state index contributed by atoms with van der Waals surface area (Å²) in [6, 6.07) is 3.42. The molecule has 1 aliphatic rings. The van der Waals surface area contributed by atoms with Gasteiger partial charge in [-0.15, -0.1) is 0 Å². The number of aromatic nitrogens is 1. The molecule has 4 nitrogen and oxygen atoms in total. The maximum absolute atomic E-state index is 12.9. The summed E-state index contributed by atoms with van der Waals surface area (Å²) in [4.78, 5) is 17.8. The maximum atomic E-state index is 12.9. The van der Waals surface area contributed by atoms with E-state index in [1.165, 1.54) is 18.3 Å². The second-order valence-electron chi connectivity index (χ2n) is 5.24. The van der Waals surface area contributed by atoms with Crippen molar-refractivity contribution in [2.45, 2.75) is 38.8 Å². The van der Waals surface area contributed by atoms with Gasteiger partial charge in [0.15, 0.2) is 0 Å². The molecule has 0 bridgehead atoms. The maximum Gasteiger partial charge on any atom is 0.251 e. The molecule has 2 rings (SSSR count). The summed E-state index contributed by atoms with van der Waals surface area (Å²) in [5.41, 5.74) is 0.332. The Hall–Kier alpha value is -1.49. The first kappa shape index (κ1) is 13.9. The molecule has 5 heteroatoms. The molecule has 0 unspecified atom stereocenters. The molecule has 0 radical (unpaired) electrons. The van der Waals surface area contributed by atoms with Gasteiger partial charge in [0.1, 0.15) is 0 Å². The first-order chi connectivity index (χ1) is 9.06. The number of amides is 1. The molecule has 0 spiro atoms. The number of pyridine rings is 1. The minimum absolute atomic E-state index is 0.179. The highest BCUT2D eigenvalue weighted by Gasteiger charge is 2.22. The SMILES string of the molecule is CC(C)N1CCC(NC(=O)c2ccnc(F)c2)CC1. The number of hydrogen-bond donors (Lipinski definition) is 1. The van der Waals surface area contributed by atoms with E-state index in [0.29, 0.717) is 11.6 Å². The normalized spacial score (nSPS) is 17.7. The molecule has 1 aliphatic heterocycles. The van der Waals surface area contributed by atoms with Crippen LogP contribution >= 0.6 is 0 Å². The van der Waals surface area contributed by atoms with E-state index in [1.54, 1.807) is 0 Å². The van der Waals surface area contributed by atoms with Crippen LogP contribution < -0.4 is 5.32 Å². The number of carbonyl (C=O) groups excluding carboxylic acids is 1. The molecule has 19 heavy (non-hydrogen) atoms. The van der Waals surface area contributed by atoms with Crippen LogP contribution in [0.1, 0.15) is 37.0 Å². The molecule has 0 saturated carbocycles. The lowest BCUT2D eigenvalue weighted by molar-refractivity contribution is 0.0900. The molecule has 2 heterocycles. The first-order valence-electron chi connectivity index (χ1n) is 6.72. The third kappa shape index (κ3) is 3.73. The molecule has 1 fully saturated rings. The van der Waals surface area contributed by atoms with Crippen molar-refractivity contribution in [1.82, 2.24) is 15.2 Å². The quantitative estimate of drug-likeness (QED) is 0.848. The van der Waals surface area contributed by atoms with Crippen LogP contribution in [0.25, 0.3) is 0 Å². The predicted octanol–water partition coefficient (Wildman–Crippen LogP) is 1.82. The largest absolute Gasteiger partial charge is 0.349 e. The highest BCUT2D eigenvalue weighted by molar-refractivity contribution is 5.94. The van der Waals surface area contributed by atoms with Gasteiger partial charge in [0.2, 0.25) is 5.95 Å². The average molecular weight is 265 g/mol. The van der Waals surface area contributed by atoms with Crippen LogP contribution in [0.2, 0.25) is 0 Å². The number of hydrogen-bond acceptors (Lipinski definition) is 3. The zero-order chi connectivity index (χ0) is 13.8. The van der Waals surface area contributed by atoms with Crippen LogP contribution in [-0.2, 0) is 0 Å². The Bertz CT molecular complexity index is 442. The zero-order valence-corrected chi connectivity index (χ0v) is 11.4. The van der Waals surface area contributed by atoms with Gasteiger partial charge in [0.25, 0.3) is 5.91 Å². The molecule has 0 aromatic carbocycles. The van der Waals surface area contributed by atoms with Crippen molar-refractivity contribution in [3.63, 3.8) is 0 Å². The lowest BCUT2D eigenvalue weighted by Crippen LogP contribution is -2.46. The van der Waals surface area contributed by atoms with Crippen molar-refractivity contribution in [2.75, 3.05) is 13.1 Å². The van der Waals surface area contributed by atoms with Crippen molar-refractivity contribution < 1.29 is 9.18 Å². The van der Waals surface area contributed by atoms with Crippen molar-refractivity contribution in [1.29, 1.82) is 0 Å². The highest BCUT2D eigenvalue weighted by Crippen LogP contribution is 2.13. The van der Waals surface area contributed by atoms with E-state index in [4.69, 9.17) is 0 Å². The molecule has 1 saturated heterocycles. The van der Waals surface area contributed by atoms with Gasteiger partial charge in [0, 0.05) is 43.0 Å². The minimum Gasteiger partial charge on any atom is -0.349 e. The minimum atomic E-state index is -0.623. The second-order valence-corrected chi connectivity index (χ2v) is 5.24. The first-order valence-corrected chi connectivity index (χ1v) is 6.72. The van der Waals surface area contributed by atoms with E-state index in [9.17, 15) is 9.18 Å². The summed E-state index contributed by atoms with van der Waals surface area (Å²) in [6.45, 7) is 6.35. The van der Waals surface area contributed by atoms with Crippen LogP contribution in [-0.4, -0.2) is 41.0 Å². The van der Waals surface area contributed by atoms with Crippen LogP contribution in [0.15, 0.2) is 18.3 Å². The van der Waals surface area contributed by atoms with E-state index in [0.717, 1.165) is 25.9 Å². The van der Waals surface area contributed by atoms with Gasteiger partial charge in [-0.05, 0) is 32.8 Å². The van der Waals surface area contributed by atoms with E-state index in [-0.39, 0.29) is 11.9 Å². The van der Waals surface area contributed by atoms with E-state index in [1.807, 2.05) is 0 Å². The Balaban J connectivity index is 1.87. The van der Waals surface area contributed by atoms with Gasteiger partial charge >= 0.3 is 0 Å². The van der Waals surface area contributed by atoms with Crippen LogP contribution in [0.4, 0.5) is 4.39 Å². The van der Waals surface area contributed by atoms with Gasteiger partial charge in [-0.1, -0.05) is 0 Å². The van der Waals surface area contributed by atoms with Gasteiger partial charge < -0.3 is 10.2 Å². The third-order valence-corrected chi connectivity index (χ3v) is 3.58. The molecule has 1 amide bonds. The predicted molar refractivity (Wildman–Crippen MR) is 71.4 cm³/mol. The number of nitrogens with zero attached hydrogens (tertiary/aromatic N) is 2. The van der Waals surface area contributed by atoms with Gasteiger partial charge in [-0.2, -0.15) is 4.39 Å². The van der Waals surface area contributed by atoms with Crippen LogP contribution in [0.5, 0.6) is 0 Å². The molecule has 1 N–H and O–H groups in total. The molecular formula is C14H20FN3O. The topological polar surface area (TPSA) is 45.2 Å². The molecule has 1 aromatic rings. The number of carbonyl (C=O) groups is 1. The zero-order valence-electron chi connectivity index (χ0n) is 11.4. The van der Waals surface area contributed by atoms with E-state index >= 15 is 0 Å². The van der Waals surface area contributed by atoms with Gasteiger partial charge in [-0.25, -0.2) is 4.98 Å². The fourth-order valence-corrected chi connectivity index (χ4v) is 2.37. The van der Waals surface area contributed by atoms with Crippen molar-refractivity contribution in [3.8, 4) is 0 Å². The number of nitrogens with one attached hydrogen (secondary N) is 1. The Labute approximate surface area is 113 Å². The summed E-state index contributed by atoms with van der Waals surface area (Å²) in [7, 11) is 0. The second kappa shape index (κ2) is 6.10. The monoisotopic (exact) mass is 265 g/mol. The third-order valence-electron chi connectivity index (χ3n) is 3.58. The van der Waals surface area contributed by atoms with E-state index < -0.39 is 5.95 Å².